The first-order valence-electron chi connectivity index (χ1n) is 8.24. The summed E-state index contributed by atoms with van der Waals surface area (Å²) in [6.07, 6.45) is 0.891. The van der Waals surface area contributed by atoms with Crippen molar-refractivity contribution in [2.45, 2.75) is 13.0 Å². The van der Waals surface area contributed by atoms with Gasteiger partial charge in [-0.05, 0) is 41.8 Å². The molecule has 2 aromatic carbocycles. The molecule has 1 aliphatic heterocycles. The van der Waals surface area contributed by atoms with Crippen molar-refractivity contribution >= 4 is 5.96 Å². The Morgan fingerprint density at radius 1 is 1.08 bits per heavy atom. The SMILES string of the molecule is CN=C(NCCc1cccc(OC)c1)NCc1ccc2c(c1)OCO2. The average Bonchev–Trinajstić information content (AvgIpc) is 3.12. The molecule has 1 aliphatic rings. The van der Waals surface area contributed by atoms with Gasteiger partial charge in [-0.3, -0.25) is 4.99 Å². The normalized spacial score (nSPS) is 12.8. The zero-order chi connectivity index (χ0) is 17.5. The third-order valence-corrected chi connectivity index (χ3v) is 3.96. The van der Waals surface area contributed by atoms with Crippen molar-refractivity contribution in [3.05, 3.63) is 53.6 Å². The van der Waals surface area contributed by atoms with Gasteiger partial charge in [0.2, 0.25) is 6.79 Å². The molecule has 0 amide bonds. The van der Waals surface area contributed by atoms with E-state index in [1.165, 1.54) is 5.56 Å². The molecular weight excluding hydrogens is 318 g/mol. The Morgan fingerprint density at radius 3 is 2.80 bits per heavy atom. The summed E-state index contributed by atoms with van der Waals surface area (Å²) in [5, 5.41) is 6.62. The molecule has 0 radical (unpaired) electrons. The molecule has 0 bridgehead atoms. The van der Waals surface area contributed by atoms with Crippen molar-refractivity contribution in [1.29, 1.82) is 0 Å². The van der Waals surface area contributed by atoms with Crippen LogP contribution in [0.3, 0.4) is 0 Å². The number of hydrogen-bond donors (Lipinski definition) is 2. The standard InChI is InChI=1S/C19H23N3O3/c1-20-19(21-9-8-14-4-3-5-16(10-14)23-2)22-12-15-6-7-17-18(11-15)25-13-24-17/h3-7,10-11H,8-9,12-13H2,1-2H3,(H2,20,21,22). The maximum atomic E-state index is 5.40. The van der Waals surface area contributed by atoms with Crippen LogP contribution in [0.15, 0.2) is 47.5 Å². The highest BCUT2D eigenvalue weighted by atomic mass is 16.7. The summed E-state index contributed by atoms with van der Waals surface area (Å²) in [6.45, 7) is 1.74. The zero-order valence-corrected chi connectivity index (χ0v) is 14.5. The molecule has 6 nitrogen and oxygen atoms in total. The van der Waals surface area contributed by atoms with Crippen LogP contribution in [0.2, 0.25) is 0 Å². The number of methoxy groups -OCH3 is 1. The van der Waals surface area contributed by atoms with Crippen molar-refractivity contribution in [2.24, 2.45) is 4.99 Å². The molecule has 0 saturated heterocycles. The third kappa shape index (κ3) is 4.56. The molecule has 0 spiro atoms. The fourth-order valence-corrected chi connectivity index (χ4v) is 2.61. The van der Waals surface area contributed by atoms with Crippen LogP contribution in [0.4, 0.5) is 0 Å². The summed E-state index contributed by atoms with van der Waals surface area (Å²) in [6, 6.07) is 14.0. The second-order valence-corrected chi connectivity index (χ2v) is 5.64. The number of nitrogens with zero attached hydrogens (tertiary/aromatic N) is 1. The van der Waals surface area contributed by atoms with Crippen LogP contribution in [0.25, 0.3) is 0 Å². The van der Waals surface area contributed by atoms with Gasteiger partial charge in [0.25, 0.3) is 0 Å². The molecule has 0 aliphatic carbocycles. The number of hydrogen-bond acceptors (Lipinski definition) is 4. The second kappa shape index (κ2) is 8.28. The Hall–Kier alpha value is -2.89. The predicted octanol–water partition coefficient (Wildman–Crippen LogP) is 2.33. The average molecular weight is 341 g/mol. The molecule has 6 heteroatoms. The fourth-order valence-electron chi connectivity index (χ4n) is 2.61. The first-order chi connectivity index (χ1) is 12.3. The van der Waals surface area contributed by atoms with E-state index in [0.29, 0.717) is 13.3 Å². The van der Waals surface area contributed by atoms with Crippen LogP contribution in [-0.2, 0) is 13.0 Å². The van der Waals surface area contributed by atoms with Crippen molar-refractivity contribution in [3.63, 3.8) is 0 Å². The Balaban J connectivity index is 1.46. The third-order valence-electron chi connectivity index (χ3n) is 3.96. The molecule has 2 aromatic rings. The number of nitrogens with one attached hydrogen (secondary N) is 2. The van der Waals surface area contributed by atoms with E-state index >= 15 is 0 Å². The molecule has 0 unspecified atom stereocenters. The van der Waals surface area contributed by atoms with E-state index < -0.39 is 0 Å². The predicted molar refractivity (Wildman–Crippen MR) is 97.5 cm³/mol. The Bertz CT molecular complexity index is 746. The van der Waals surface area contributed by atoms with E-state index in [1.54, 1.807) is 14.2 Å². The van der Waals surface area contributed by atoms with Gasteiger partial charge < -0.3 is 24.8 Å². The Labute approximate surface area is 147 Å². The summed E-state index contributed by atoms with van der Waals surface area (Å²) < 4.78 is 16.0. The lowest BCUT2D eigenvalue weighted by atomic mass is 10.1. The monoisotopic (exact) mass is 341 g/mol. The molecule has 1 heterocycles. The lowest BCUT2D eigenvalue weighted by Crippen LogP contribution is -2.37. The molecule has 3 rings (SSSR count). The van der Waals surface area contributed by atoms with Crippen LogP contribution in [-0.4, -0.2) is 33.5 Å². The van der Waals surface area contributed by atoms with Gasteiger partial charge in [-0.15, -0.1) is 0 Å². The highest BCUT2D eigenvalue weighted by Gasteiger charge is 2.13. The summed E-state index contributed by atoms with van der Waals surface area (Å²) in [5.74, 6) is 3.23. The highest BCUT2D eigenvalue weighted by molar-refractivity contribution is 5.79. The van der Waals surface area contributed by atoms with E-state index in [9.17, 15) is 0 Å². The number of guanidine groups is 1. The van der Waals surface area contributed by atoms with Crippen LogP contribution in [0.1, 0.15) is 11.1 Å². The Morgan fingerprint density at radius 2 is 1.96 bits per heavy atom. The number of fused-ring (bicyclic) bond motifs is 1. The quantitative estimate of drug-likeness (QED) is 0.624. The fraction of sp³-hybridized carbons (Fsp3) is 0.316. The molecule has 132 valence electrons. The number of benzene rings is 2. The summed E-state index contributed by atoms with van der Waals surface area (Å²) in [4.78, 5) is 4.25. The molecule has 0 fully saturated rings. The minimum Gasteiger partial charge on any atom is -0.497 e. The summed E-state index contributed by atoms with van der Waals surface area (Å²) >= 11 is 0. The first-order valence-corrected chi connectivity index (χ1v) is 8.24. The van der Waals surface area contributed by atoms with Gasteiger partial charge >= 0.3 is 0 Å². The molecule has 0 atom stereocenters. The van der Waals surface area contributed by atoms with Crippen molar-refractivity contribution in [1.82, 2.24) is 10.6 Å². The Kier molecular flexibility index (Phi) is 5.61. The van der Waals surface area contributed by atoms with Gasteiger partial charge in [0, 0.05) is 20.1 Å². The lowest BCUT2D eigenvalue weighted by Gasteiger charge is -2.12. The van der Waals surface area contributed by atoms with Gasteiger partial charge in [-0.2, -0.15) is 0 Å². The molecular formula is C19H23N3O3. The number of aliphatic imine (C=N–C) groups is 1. The molecule has 0 saturated carbocycles. The first kappa shape index (κ1) is 17.0. The van der Waals surface area contributed by atoms with Crippen LogP contribution >= 0.6 is 0 Å². The van der Waals surface area contributed by atoms with Crippen molar-refractivity contribution in [3.8, 4) is 17.2 Å². The topological polar surface area (TPSA) is 64.1 Å². The van der Waals surface area contributed by atoms with E-state index in [1.807, 2.05) is 36.4 Å². The molecule has 0 aromatic heterocycles. The van der Waals surface area contributed by atoms with Gasteiger partial charge in [0.15, 0.2) is 17.5 Å². The van der Waals surface area contributed by atoms with E-state index in [4.69, 9.17) is 14.2 Å². The highest BCUT2D eigenvalue weighted by Crippen LogP contribution is 2.32. The van der Waals surface area contributed by atoms with Gasteiger partial charge in [-0.25, -0.2) is 0 Å². The van der Waals surface area contributed by atoms with Crippen molar-refractivity contribution in [2.75, 3.05) is 27.5 Å². The smallest absolute Gasteiger partial charge is 0.231 e. The number of ether oxygens (including phenoxy) is 3. The summed E-state index contributed by atoms with van der Waals surface area (Å²) in [7, 11) is 3.44. The van der Waals surface area contributed by atoms with Crippen LogP contribution < -0.4 is 24.8 Å². The van der Waals surface area contributed by atoms with Gasteiger partial charge in [0.1, 0.15) is 5.75 Å². The minimum atomic E-state index is 0.291. The van der Waals surface area contributed by atoms with Crippen LogP contribution in [0, 0.1) is 0 Å². The van der Waals surface area contributed by atoms with Gasteiger partial charge in [-0.1, -0.05) is 18.2 Å². The zero-order valence-electron chi connectivity index (χ0n) is 14.5. The van der Waals surface area contributed by atoms with E-state index in [0.717, 1.165) is 41.7 Å². The lowest BCUT2D eigenvalue weighted by molar-refractivity contribution is 0.174. The largest absolute Gasteiger partial charge is 0.497 e. The second-order valence-electron chi connectivity index (χ2n) is 5.64. The number of rotatable bonds is 6. The maximum Gasteiger partial charge on any atom is 0.231 e. The molecule has 2 N–H and O–H groups in total. The summed E-state index contributed by atoms with van der Waals surface area (Å²) in [5.41, 5.74) is 2.33. The maximum absolute atomic E-state index is 5.40. The van der Waals surface area contributed by atoms with E-state index in [-0.39, 0.29) is 0 Å². The van der Waals surface area contributed by atoms with Gasteiger partial charge in [0.05, 0.1) is 7.11 Å². The minimum absolute atomic E-state index is 0.291. The molecule has 25 heavy (non-hydrogen) atoms. The van der Waals surface area contributed by atoms with Crippen molar-refractivity contribution < 1.29 is 14.2 Å². The van der Waals surface area contributed by atoms with E-state index in [2.05, 4.69) is 21.7 Å². The van der Waals surface area contributed by atoms with Crippen LogP contribution in [0.5, 0.6) is 17.2 Å².